The minimum Gasteiger partial charge on any atom is -0.363 e. The molecule has 1 aromatic carbocycles. The third kappa shape index (κ3) is 4.80. The van der Waals surface area contributed by atoms with Gasteiger partial charge >= 0.3 is 0 Å². The van der Waals surface area contributed by atoms with Gasteiger partial charge in [-0.1, -0.05) is 18.5 Å². The van der Waals surface area contributed by atoms with Crippen molar-refractivity contribution in [2.75, 3.05) is 44.2 Å². The molecule has 1 N–H and O–H groups in total. The number of carbonyl (C=O) groups is 1. The molecular formula is C15H21ClN4O3. The molecule has 23 heavy (non-hydrogen) atoms. The molecule has 7 nitrogen and oxygen atoms in total. The Morgan fingerprint density at radius 1 is 1.35 bits per heavy atom. The second-order valence-electron chi connectivity index (χ2n) is 5.50. The second kappa shape index (κ2) is 8.12. The van der Waals surface area contributed by atoms with E-state index < -0.39 is 4.92 Å². The van der Waals surface area contributed by atoms with E-state index in [2.05, 4.69) is 10.2 Å². The molecule has 0 aromatic heterocycles. The number of piperazine rings is 1. The Kier molecular flexibility index (Phi) is 6.18. The summed E-state index contributed by atoms with van der Waals surface area (Å²) in [5.41, 5.74) is 0.598. The Morgan fingerprint density at radius 2 is 2.04 bits per heavy atom. The summed E-state index contributed by atoms with van der Waals surface area (Å²) < 4.78 is 0. The number of nitro groups is 1. The molecule has 1 aliphatic heterocycles. The van der Waals surface area contributed by atoms with Crippen molar-refractivity contribution in [3.05, 3.63) is 33.3 Å². The molecule has 2 rings (SSSR count). The molecular weight excluding hydrogens is 320 g/mol. The maximum atomic E-state index is 11.7. The lowest BCUT2D eigenvalue weighted by Gasteiger charge is -2.35. The van der Waals surface area contributed by atoms with Crippen molar-refractivity contribution in [1.82, 2.24) is 10.2 Å². The van der Waals surface area contributed by atoms with Crippen LogP contribution in [0, 0.1) is 10.1 Å². The molecule has 1 heterocycles. The number of anilines is 1. The van der Waals surface area contributed by atoms with Crippen LogP contribution in [0.1, 0.15) is 13.3 Å². The third-order valence-corrected chi connectivity index (χ3v) is 4.02. The van der Waals surface area contributed by atoms with E-state index in [4.69, 9.17) is 11.6 Å². The molecule has 0 spiro atoms. The number of amides is 1. The lowest BCUT2D eigenvalue weighted by molar-refractivity contribution is -0.384. The highest BCUT2D eigenvalue weighted by Crippen LogP contribution is 2.31. The summed E-state index contributed by atoms with van der Waals surface area (Å²) in [5, 5.41) is 14.4. The first-order valence-corrected chi connectivity index (χ1v) is 8.07. The van der Waals surface area contributed by atoms with E-state index in [1.54, 1.807) is 12.1 Å². The summed E-state index contributed by atoms with van der Waals surface area (Å²) in [6.07, 6.45) is 0.916. The second-order valence-corrected chi connectivity index (χ2v) is 5.94. The van der Waals surface area contributed by atoms with Gasteiger partial charge in [-0.2, -0.15) is 0 Å². The van der Waals surface area contributed by atoms with Gasteiger partial charge in [-0.15, -0.1) is 0 Å². The lowest BCUT2D eigenvalue weighted by Crippen LogP contribution is -2.49. The topological polar surface area (TPSA) is 78.7 Å². The molecule has 0 radical (unpaired) electrons. The van der Waals surface area contributed by atoms with Crippen molar-refractivity contribution >= 4 is 28.9 Å². The van der Waals surface area contributed by atoms with Gasteiger partial charge in [0.25, 0.3) is 5.69 Å². The molecule has 0 unspecified atom stereocenters. The van der Waals surface area contributed by atoms with Crippen LogP contribution < -0.4 is 10.2 Å². The quantitative estimate of drug-likeness (QED) is 0.632. The Hall–Kier alpha value is -1.86. The van der Waals surface area contributed by atoms with Crippen LogP contribution in [0.25, 0.3) is 0 Å². The van der Waals surface area contributed by atoms with Crippen LogP contribution in [-0.4, -0.2) is 55.0 Å². The van der Waals surface area contributed by atoms with Gasteiger partial charge in [0.05, 0.1) is 11.5 Å². The Morgan fingerprint density at radius 3 is 2.65 bits per heavy atom. The van der Waals surface area contributed by atoms with Crippen LogP contribution in [0.4, 0.5) is 11.4 Å². The Labute approximate surface area is 140 Å². The zero-order valence-corrected chi connectivity index (χ0v) is 13.9. The number of benzene rings is 1. The van der Waals surface area contributed by atoms with Gasteiger partial charge in [0.2, 0.25) is 5.91 Å². The molecule has 0 atom stereocenters. The molecule has 0 saturated carbocycles. The maximum absolute atomic E-state index is 11.7. The largest absolute Gasteiger partial charge is 0.363 e. The molecule has 1 fully saturated rings. The van der Waals surface area contributed by atoms with Crippen molar-refractivity contribution in [3.8, 4) is 0 Å². The maximum Gasteiger partial charge on any atom is 0.294 e. The zero-order valence-electron chi connectivity index (χ0n) is 13.1. The molecule has 0 aliphatic carbocycles. The van der Waals surface area contributed by atoms with E-state index in [0.717, 1.165) is 6.42 Å². The number of nitro benzene ring substituents is 1. The van der Waals surface area contributed by atoms with Crippen molar-refractivity contribution in [2.45, 2.75) is 13.3 Å². The van der Waals surface area contributed by atoms with Crippen molar-refractivity contribution in [1.29, 1.82) is 0 Å². The first-order valence-electron chi connectivity index (χ1n) is 7.69. The summed E-state index contributed by atoms with van der Waals surface area (Å²) >= 11 is 5.85. The smallest absolute Gasteiger partial charge is 0.294 e. The van der Waals surface area contributed by atoms with Crippen LogP contribution >= 0.6 is 11.6 Å². The van der Waals surface area contributed by atoms with Gasteiger partial charge in [0.1, 0.15) is 5.69 Å². The van der Waals surface area contributed by atoms with Crippen molar-refractivity contribution in [2.24, 2.45) is 0 Å². The van der Waals surface area contributed by atoms with E-state index in [-0.39, 0.29) is 11.6 Å². The third-order valence-electron chi connectivity index (χ3n) is 3.79. The SMILES string of the molecule is CCCNC(=O)CN1CCN(c2ccc(Cl)cc2[N+](=O)[O-])CC1. The molecule has 0 bridgehead atoms. The number of rotatable bonds is 6. The van der Waals surface area contributed by atoms with Gasteiger partial charge in [-0.3, -0.25) is 19.8 Å². The number of nitrogens with one attached hydrogen (secondary N) is 1. The van der Waals surface area contributed by atoms with E-state index in [1.165, 1.54) is 6.07 Å². The number of carbonyl (C=O) groups excluding carboxylic acids is 1. The fraction of sp³-hybridized carbons (Fsp3) is 0.533. The van der Waals surface area contributed by atoms with Gasteiger partial charge in [0.15, 0.2) is 0 Å². The summed E-state index contributed by atoms with van der Waals surface area (Å²) in [6, 6.07) is 4.72. The predicted molar refractivity (Wildman–Crippen MR) is 90.1 cm³/mol. The van der Waals surface area contributed by atoms with Crippen molar-refractivity contribution in [3.63, 3.8) is 0 Å². The van der Waals surface area contributed by atoms with Crippen LogP contribution in [0.15, 0.2) is 18.2 Å². The van der Waals surface area contributed by atoms with Crippen LogP contribution in [0.2, 0.25) is 5.02 Å². The van der Waals surface area contributed by atoms with Crippen LogP contribution in [0.5, 0.6) is 0 Å². The molecule has 1 aliphatic rings. The summed E-state index contributed by atoms with van der Waals surface area (Å²) in [5.74, 6) is 0.0257. The van der Waals surface area contributed by atoms with E-state index in [1.807, 2.05) is 11.8 Å². The summed E-state index contributed by atoms with van der Waals surface area (Å²) in [6.45, 7) is 5.75. The fourth-order valence-electron chi connectivity index (χ4n) is 2.58. The van der Waals surface area contributed by atoms with E-state index in [9.17, 15) is 14.9 Å². The lowest BCUT2D eigenvalue weighted by atomic mass is 10.2. The fourth-order valence-corrected chi connectivity index (χ4v) is 2.75. The molecule has 126 valence electrons. The van der Waals surface area contributed by atoms with Crippen LogP contribution in [-0.2, 0) is 4.79 Å². The Bertz CT molecular complexity index is 574. The van der Waals surface area contributed by atoms with E-state index >= 15 is 0 Å². The van der Waals surface area contributed by atoms with Gasteiger partial charge in [-0.05, 0) is 18.6 Å². The highest BCUT2D eigenvalue weighted by atomic mass is 35.5. The number of nitrogens with zero attached hydrogens (tertiary/aromatic N) is 3. The predicted octanol–water partition coefficient (Wildman–Crippen LogP) is 1.90. The average Bonchev–Trinajstić information content (AvgIpc) is 2.53. The van der Waals surface area contributed by atoms with Gasteiger partial charge in [-0.25, -0.2) is 0 Å². The Balaban J connectivity index is 1.94. The highest BCUT2D eigenvalue weighted by molar-refractivity contribution is 6.30. The number of halogens is 1. The van der Waals surface area contributed by atoms with Gasteiger partial charge < -0.3 is 10.2 Å². The standard InChI is InChI=1S/C15H21ClN4O3/c1-2-5-17-15(21)11-18-6-8-19(9-7-18)13-4-3-12(16)10-14(13)20(22)23/h3-4,10H,2,5-9,11H2,1H3,(H,17,21). The molecule has 8 heteroatoms. The average molecular weight is 341 g/mol. The highest BCUT2D eigenvalue weighted by Gasteiger charge is 2.24. The van der Waals surface area contributed by atoms with Crippen molar-refractivity contribution < 1.29 is 9.72 Å². The van der Waals surface area contributed by atoms with Gasteiger partial charge in [0, 0.05) is 43.8 Å². The minimum atomic E-state index is -0.411. The number of hydrogen-bond acceptors (Lipinski definition) is 5. The zero-order chi connectivity index (χ0) is 16.8. The monoisotopic (exact) mass is 340 g/mol. The molecule has 1 amide bonds. The van der Waals surface area contributed by atoms with Crippen LogP contribution in [0.3, 0.4) is 0 Å². The first-order chi connectivity index (χ1) is 11.0. The molecule has 1 saturated heterocycles. The summed E-state index contributed by atoms with van der Waals surface area (Å²) in [7, 11) is 0. The first kappa shape index (κ1) is 17.5. The molecule has 1 aromatic rings. The normalized spacial score (nSPS) is 15.5. The van der Waals surface area contributed by atoms with E-state index in [0.29, 0.717) is 50.0 Å². The minimum absolute atomic E-state index is 0.0200. The number of hydrogen-bond donors (Lipinski definition) is 1. The summed E-state index contributed by atoms with van der Waals surface area (Å²) in [4.78, 5) is 26.5.